The van der Waals surface area contributed by atoms with Crippen molar-refractivity contribution in [3.63, 3.8) is 0 Å². The zero-order valence-electron chi connectivity index (χ0n) is 68.4. The molecule has 0 aliphatic heterocycles. The van der Waals surface area contributed by atoms with E-state index in [2.05, 4.69) is 185 Å². The van der Waals surface area contributed by atoms with Crippen molar-refractivity contribution in [1.29, 1.82) is 0 Å². The fourth-order valence-electron chi connectivity index (χ4n) is 14.9. The predicted octanol–water partition coefficient (Wildman–Crippen LogP) is 21.6. The first-order valence-electron chi connectivity index (χ1n) is 38.6. The average Bonchev–Trinajstić information content (AvgIpc) is 0.796. The molecular formula is C97H104F5N10+5. The lowest BCUT2D eigenvalue weighted by atomic mass is 9.96. The molecule has 10 nitrogen and oxygen atoms in total. The second-order valence-electron chi connectivity index (χ2n) is 31.4. The number of aryl methyl sites for hydroxylation is 10. The summed E-state index contributed by atoms with van der Waals surface area (Å²) in [5, 5.41) is 5.50. The van der Waals surface area contributed by atoms with Crippen LogP contribution in [0.25, 0.3) is 111 Å². The van der Waals surface area contributed by atoms with Crippen LogP contribution in [0.3, 0.4) is 0 Å². The molecule has 0 unspecified atom stereocenters. The number of hydrogen-bond donors (Lipinski definition) is 0. The van der Waals surface area contributed by atoms with Crippen molar-refractivity contribution in [2.45, 2.75) is 134 Å². The van der Waals surface area contributed by atoms with Gasteiger partial charge in [0.25, 0.3) is 31.6 Å². The van der Waals surface area contributed by atoms with E-state index in [4.69, 9.17) is 0 Å². The van der Waals surface area contributed by atoms with Gasteiger partial charge in [-0.25, -0.2) is 44.8 Å². The van der Waals surface area contributed by atoms with Gasteiger partial charge in [-0.15, -0.1) is 0 Å². The molecule has 0 atom stereocenters. The van der Waals surface area contributed by atoms with Crippen LogP contribution in [-0.4, -0.2) is 24.9 Å². The molecule has 572 valence electrons. The van der Waals surface area contributed by atoms with E-state index >= 15 is 0 Å². The Morgan fingerprint density at radius 2 is 0.625 bits per heavy atom. The number of aromatic nitrogens is 10. The molecule has 0 saturated heterocycles. The normalized spacial score (nSPS) is 11.4. The first-order chi connectivity index (χ1) is 53.3. The lowest BCUT2D eigenvalue weighted by Gasteiger charge is -2.11. The molecule has 0 N–H and O–H groups in total. The maximum Gasteiger partial charge on any atom is 0.287 e. The maximum atomic E-state index is 13.5. The van der Waals surface area contributed by atoms with Crippen LogP contribution >= 0.6 is 0 Å². The van der Waals surface area contributed by atoms with Crippen LogP contribution in [0, 0.1) is 75.5 Å². The molecule has 5 heterocycles. The molecular weight excluding hydrogens is 1400 g/mol. The van der Waals surface area contributed by atoms with Gasteiger partial charge in [-0.2, -0.15) is 0 Å². The summed E-state index contributed by atoms with van der Waals surface area (Å²) in [6, 6.07) is 56.6. The summed E-state index contributed by atoms with van der Waals surface area (Å²) in [6.07, 6.45) is 11.2. The molecule has 0 bridgehead atoms. The Labute approximate surface area is 656 Å². The first-order valence-corrected chi connectivity index (χ1v) is 38.6. The Morgan fingerprint density at radius 1 is 0.286 bits per heavy atom. The third-order valence-corrected chi connectivity index (χ3v) is 20.6. The van der Waals surface area contributed by atoms with Crippen LogP contribution in [0.5, 0.6) is 0 Å². The maximum absolute atomic E-state index is 13.5. The van der Waals surface area contributed by atoms with E-state index in [-0.39, 0.29) is 29.1 Å². The topological polar surface area (TPSA) is 83.8 Å². The molecule has 0 radical (unpaired) electrons. The lowest BCUT2D eigenvalue weighted by molar-refractivity contribution is -0.662. The summed E-state index contributed by atoms with van der Waals surface area (Å²) in [5.41, 5.74) is 26.6. The van der Waals surface area contributed by atoms with Crippen molar-refractivity contribution >= 4 is 54.5 Å². The Hall–Kier alpha value is -11.5. The molecule has 0 amide bonds. The number of benzene rings is 10. The van der Waals surface area contributed by atoms with Crippen molar-refractivity contribution in [1.82, 2.24) is 24.9 Å². The minimum atomic E-state index is -0.204. The third kappa shape index (κ3) is 18.4. The second kappa shape index (κ2) is 35.3. The van der Waals surface area contributed by atoms with Crippen molar-refractivity contribution in [2.75, 3.05) is 0 Å². The largest absolute Gasteiger partial charge is 0.287 e. The Kier molecular flexibility index (Phi) is 25.7. The van der Waals surface area contributed by atoms with Crippen molar-refractivity contribution < 1.29 is 44.8 Å². The number of fused-ring (bicyclic) bond motifs is 5. The van der Waals surface area contributed by atoms with E-state index < -0.39 is 0 Å². The molecule has 15 heteroatoms. The minimum Gasteiger partial charge on any atom is -0.232 e. The highest BCUT2D eigenvalue weighted by Crippen LogP contribution is 2.36. The molecule has 10 aromatic carbocycles. The lowest BCUT2D eigenvalue weighted by Crippen LogP contribution is -2.32. The van der Waals surface area contributed by atoms with Gasteiger partial charge >= 0.3 is 0 Å². The van der Waals surface area contributed by atoms with Crippen molar-refractivity contribution in [2.24, 2.45) is 47.1 Å². The molecule has 0 fully saturated rings. The average molecular weight is 1500 g/mol. The molecule has 15 aromatic rings. The minimum absolute atomic E-state index is 0.201. The van der Waals surface area contributed by atoms with Gasteiger partial charge in [-0.05, 0) is 286 Å². The molecule has 5 aromatic heterocycles. The van der Waals surface area contributed by atoms with Crippen LogP contribution < -0.4 is 22.8 Å². The number of rotatable bonds is 12. The predicted molar refractivity (Wildman–Crippen MR) is 445 cm³/mol. The summed E-state index contributed by atoms with van der Waals surface area (Å²) >= 11 is 0. The van der Waals surface area contributed by atoms with Crippen LogP contribution in [0.2, 0.25) is 0 Å². The van der Waals surface area contributed by atoms with E-state index in [1.54, 1.807) is 30.3 Å². The fourth-order valence-corrected chi connectivity index (χ4v) is 14.9. The molecule has 15 rings (SSSR count). The van der Waals surface area contributed by atoms with Gasteiger partial charge in [0.05, 0.1) is 62.2 Å². The SMILES string of the molecule is Cc1cc(F)ccc1-c1c2cc(C(C)C)ccc2nc[n+]1C.Cc1cc(F)ccc1-c1c2ccc(C(C)C)cc2nc[n+]1C.Cc1cc(F)ccc1-c1c2ccc(CC(C)C)cc2nc[n+]1C.Cc1cc(F)ccc1-c1c2cccc(C(C)C)c2nc[n+]1C.Cc1cc(F)ccc1-c1c2cccc(CC(C)C)c2nc[n+]1C. The van der Waals surface area contributed by atoms with Gasteiger partial charge in [0.2, 0.25) is 0 Å². The summed E-state index contributed by atoms with van der Waals surface area (Å²) in [7, 11) is 9.90. The molecule has 0 aliphatic carbocycles. The van der Waals surface area contributed by atoms with Gasteiger partial charge < -0.3 is 0 Å². The highest BCUT2D eigenvalue weighted by atomic mass is 19.1. The molecule has 0 spiro atoms. The van der Waals surface area contributed by atoms with E-state index in [0.717, 1.165) is 151 Å². The number of para-hydroxylation sites is 2. The third-order valence-electron chi connectivity index (χ3n) is 20.6. The highest BCUT2D eigenvalue weighted by molar-refractivity contribution is 5.96. The van der Waals surface area contributed by atoms with Gasteiger partial charge in [-0.3, -0.25) is 0 Å². The quantitative estimate of drug-likeness (QED) is 0.0899. The van der Waals surface area contributed by atoms with Crippen LogP contribution in [0.1, 0.15) is 143 Å². The Bertz CT molecular complexity index is 5920. The van der Waals surface area contributed by atoms with Gasteiger partial charge in [0, 0.05) is 38.9 Å². The Morgan fingerprint density at radius 3 is 1.03 bits per heavy atom. The van der Waals surface area contributed by atoms with E-state index in [0.29, 0.717) is 29.6 Å². The first kappa shape index (κ1) is 81.5. The van der Waals surface area contributed by atoms with E-state index in [1.165, 1.54) is 58.1 Å². The summed E-state index contributed by atoms with van der Waals surface area (Å²) in [4.78, 5) is 22.9. The highest BCUT2D eigenvalue weighted by Gasteiger charge is 2.25. The standard InChI is InChI=1S/2C20H22FN2.3C19H20FN2/c1-13(2)9-15-5-7-18-19(11-15)22-12-23(4)20(18)17-8-6-16(21)10-14(17)3;1-13(2)10-15-6-5-7-18-19(15)22-12-23(4)20(18)17-9-8-16(21)11-14(17)3;1-12(2)14-5-8-18-17(10-14)19(22(4)11-21-18)16-7-6-15(20)9-13(16)3;1-12(2)14-5-7-17-18(10-14)21-11-22(4)19(17)16-8-6-15(20)9-13(16)3;1-12(2)15-6-5-7-17-18(15)21-11-22(4)19(17)16-9-8-14(20)10-13(16)3/h5-8,10-13H,9H2,1-4H3;5-9,11-13H,10H2,1-4H3;3*5-12H,1-4H3/q5*+1. The second-order valence-corrected chi connectivity index (χ2v) is 31.4. The van der Waals surface area contributed by atoms with Gasteiger partial charge in [0.1, 0.15) is 57.6 Å². The molecule has 112 heavy (non-hydrogen) atoms. The van der Waals surface area contributed by atoms with Crippen molar-refractivity contribution in [3.8, 4) is 56.3 Å². The number of nitrogens with zero attached hydrogens (tertiary/aromatic N) is 10. The van der Waals surface area contributed by atoms with Gasteiger partial charge in [0.15, 0.2) is 27.6 Å². The monoisotopic (exact) mass is 1500 g/mol. The van der Waals surface area contributed by atoms with Gasteiger partial charge in [-0.1, -0.05) is 112 Å². The van der Waals surface area contributed by atoms with Crippen LogP contribution in [-0.2, 0) is 48.1 Å². The van der Waals surface area contributed by atoms with Crippen molar-refractivity contribution in [3.05, 3.63) is 298 Å². The molecule has 0 saturated carbocycles. The zero-order chi connectivity index (χ0) is 80.7. The van der Waals surface area contributed by atoms with E-state index in [1.807, 2.05) is 155 Å². The Balaban J connectivity index is 0.000000138. The number of halogens is 5. The smallest absolute Gasteiger partial charge is 0.232 e. The summed E-state index contributed by atoms with van der Waals surface area (Å²) in [5.74, 6) is 1.51. The van der Waals surface area contributed by atoms with Crippen LogP contribution in [0.4, 0.5) is 22.0 Å². The van der Waals surface area contributed by atoms with E-state index in [9.17, 15) is 22.0 Å². The zero-order valence-corrected chi connectivity index (χ0v) is 68.4. The number of hydrogen-bond acceptors (Lipinski definition) is 5. The molecule has 0 aliphatic rings. The summed E-state index contributed by atoms with van der Waals surface area (Å²) < 4.78 is 77.2. The fraction of sp³-hybridized carbons (Fsp3) is 0.278. The van der Waals surface area contributed by atoms with Crippen LogP contribution in [0.15, 0.2) is 214 Å². The summed E-state index contributed by atoms with van der Waals surface area (Å²) in [6.45, 7) is 31.6.